The Morgan fingerprint density at radius 2 is 1.74 bits per heavy atom. The molecule has 3 nitrogen and oxygen atoms in total. The fourth-order valence-electron chi connectivity index (χ4n) is 1.99. The second-order valence-electron chi connectivity index (χ2n) is 4.47. The summed E-state index contributed by atoms with van der Waals surface area (Å²) in [5.74, 6) is 0.0339. The lowest BCUT2D eigenvalue weighted by atomic mass is 10.2. The highest BCUT2D eigenvalue weighted by Crippen LogP contribution is 2.22. The first kappa shape index (κ1) is 13.6. The molecule has 0 radical (unpaired) electrons. The predicted octanol–water partition coefficient (Wildman–Crippen LogP) is 3.01. The Kier molecular flexibility index (Phi) is 3.90. The topological polar surface area (TPSA) is 46.2 Å². The van der Waals surface area contributed by atoms with Crippen molar-refractivity contribution < 1.29 is 8.42 Å². The Hall–Kier alpha value is -1.81. The molecule has 0 fully saturated rings. The molecular formula is C15H17NO2S. The van der Waals surface area contributed by atoms with Gasteiger partial charge in [0.25, 0.3) is 0 Å². The van der Waals surface area contributed by atoms with Gasteiger partial charge in [0.15, 0.2) is 9.84 Å². The maximum Gasteiger partial charge on any atom is 0.182 e. The highest BCUT2D eigenvalue weighted by atomic mass is 32.2. The molecule has 0 aliphatic rings. The predicted molar refractivity (Wildman–Crippen MR) is 78.1 cm³/mol. The molecule has 0 aliphatic heterocycles. The van der Waals surface area contributed by atoms with Gasteiger partial charge in [-0.3, -0.25) is 0 Å². The normalized spacial score (nSPS) is 11.3. The lowest BCUT2D eigenvalue weighted by Gasteiger charge is -2.09. The van der Waals surface area contributed by atoms with E-state index in [0.717, 1.165) is 16.8 Å². The molecular weight excluding hydrogens is 258 g/mol. The van der Waals surface area contributed by atoms with Gasteiger partial charge in [0.05, 0.1) is 10.6 Å². The maximum absolute atomic E-state index is 12.3. The molecule has 0 aliphatic carbocycles. The standard InChI is InChI=1S/C15H17NO2S/c1-12-10-14(8-9-15(12)16-2)19(17,18)11-13-6-4-3-5-7-13/h3-10,16H,11H2,1-2H3. The number of hydrogen-bond donors (Lipinski definition) is 1. The second-order valence-corrected chi connectivity index (χ2v) is 6.46. The molecule has 19 heavy (non-hydrogen) atoms. The third kappa shape index (κ3) is 3.15. The van der Waals surface area contributed by atoms with Gasteiger partial charge in [-0.2, -0.15) is 0 Å². The summed E-state index contributed by atoms with van der Waals surface area (Å²) in [4.78, 5) is 0.368. The smallest absolute Gasteiger partial charge is 0.182 e. The Bertz CT molecular complexity index is 664. The van der Waals surface area contributed by atoms with E-state index in [-0.39, 0.29) is 5.75 Å². The van der Waals surface area contributed by atoms with Crippen molar-refractivity contribution in [1.29, 1.82) is 0 Å². The zero-order valence-corrected chi connectivity index (χ0v) is 11.9. The molecule has 0 saturated heterocycles. The zero-order chi connectivity index (χ0) is 13.9. The van der Waals surface area contributed by atoms with Gasteiger partial charge in [-0.1, -0.05) is 30.3 Å². The fourth-order valence-corrected chi connectivity index (χ4v) is 3.42. The van der Waals surface area contributed by atoms with Crippen LogP contribution < -0.4 is 5.32 Å². The molecule has 0 saturated carbocycles. The van der Waals surface area contributed by atoms with Crippen molar-refractivity contribution in [3.05, 3.63) is 59.7 Å². The van der Waals surface area contributed by atoms with E-state index in [2.05, 4.69) is 5.32 Å². The van der Waals surface area contributed by atoms with Gasteiger partial charge < -0.3 is 5.32 Å². The van der Waals surface area contributed by atoms with Gasteiger partial charge in [0.2, 0.25) is 0 Å². The Morgan fingerprint density at radius 3 is 2.32 bits per heavy atom. The van der Waals surface area contributed by atoms with E-state index in [1.54, 1.807) is 18.2 Å². The fraction of sp³-hybridized carbons (Fsp3) is 0.200. The summed E-state index contributed by atoms with van der Waals surface area (Å²) in [6.07, 6.45) is 0. The van der Waals surface area contributed by atoms with E-state index >= 15 is 0 Å². The summed E-state index contributed by atoms with van der Waals surface area (Å²) in [6, 6.07) is 14.4. The summed E-state index contributed by atoms with van der Waals surface area (Å²) < 4.78 is 24.7. The van der Waals surface area contributed by atoms with Crippen molar-refractivity contribution in [2.45, 2.75) is 17.6 Å². The van der Waals surface area contributed by atoms with Crippen molar-refractivity contribution >= 4 is 15.5 Å². The number of sulfone groups is 1. The van der Waals surface area contributed by atoms with Gasteiger partial charge in [-0.15, -0.1) is 0 Å². The van der Waals surface area contributed by atoms with Crippen LogP contribution in [0.4, 0.5) is 5.69 Å². The highest BCUT2D eigenvalue weighted by molar-refractivity contribution is 7.90. The molecule has 100 valence electrons. The van der Waals surface area contributed by atoms with Crippen LogP contribution in [0.1, 0.15) is 11.1 Å². The molecule has 2 aromatic carbocycles. The van der Waals surface area contributed by atoms with E-state index in [0.29, 0.717) is 4.90 Å². The quantitative estimate of drug-likeness (QED) is 0.933. The van der Waals surface area contributed by atoms with E-state index < -0.39 is 9.84 Å². The molecule has 0 atom stereocenters. The van der Waals surface area contributed by atoms with E-state index in [1.165, 1.54) is 0 Å². The average molecular weight is 275 g/mol. The first-order valence-corrected chi connectivity index (χ1v) is 7.73. The van der Waals surface area contributed by atoms with Gasteiger partial charge in [0.1, 0.15) is 0 Å². The molecule has 0 heterocycles. The zero-order valence-electron chi connectivity index (χ0n) is 11.1. The van der Waals surface area contributed by atoms with Gasteiger partial charge in [-0.25, -0.2) is 8.42 Å². The van der Waals surface area contributed by atoms with Crippen LogP contribution in [-0.2, 0) is 15.6 Å². The van der Waals surface area contributed by atoms with Crippen LogP contribution in [-0.4, -0.2) is 15.5 Å². The minimum absolute atomic E-state index is 0.0339. The molecule has 1 N–H and O–H groups in total. The highest BCUT2D eigenvalue weighted by Gasteiger charge is 2.16. The molecule has 0 spiro atoms. The minimum Gasteiger partial charge on any atom is -0.388 e. The first-order valence-electron chi connectivity index (χ1n) is 6.08. The molecule has 2 aromatic rings. The lowest BCUT2D eigenvalue weighted by molar-refractivity contribution is 0.595. The molecule has 4 heteroatoms. The number of benzene rings is 2. The van der Waals surface area contributed by atoms with Crippen LogP contribution in [0.3, 0.4) is 0 Å². The van der Waals surface area contributed by atoms with Gasteiger partial charge in [-0.05, 0) is 36.2 Å². The number of anilines is 1. The summed E-state index contributed by atoms with van der Waals surface area (Å²) in [7, 11) is -1.47. The number of aryl methyl sites for hydroxylation is 1. The van der Waals surface area contributed by atoms with E-state index in [1.807, 2.05) is 44.3 Å². The number of hydrogen-bond acceptors (Lipinski definition) is 3. The number of nitrogens with one attached hydrogen (secondary N) is 1. The SMILES string of the molecule is CNc1ccc(S(=O)(=O)Cc2ccccc2)cc1C. The van der Waals surface area contributed by atoms with Crippen molar-refractivity contribution in [2.24, 2.45) is 0 Å². The molecule has 2 rings (SSSR count). The van der Waals surface area contributed by atoms with Crippen LogP contribution in [0.5, 0.6) is 0 Å². The maximum atomic E-state index is 12.3. The first-order chi connectivity index (χ1) is 9.03. The lowest BCUT2D eigenvalue weighted by Crippen LogP contribution is -2.05. The van der Waals surface area contributed by atoms with Crippen LogP contribution in [0.2, 0.25) is 0 Å². The Balaban J connectivity index is 2.32. The molecule has 0 unspecified atom stereocenters. The molecule has 0 bridgehead atoms. The summed E-state index contributed by atoms with van der Waals surface area (Å²) in [5.41, 5.74) is 2.67. The van der Waals surface area contributed by atoms with Crippen LogP contribution in [0.25, 0.3) is 0 Å². The van der Waals surface area contributed by atoms with Crippen molar-refractivity contribution in [1.82, 2.24) is 0 Å². The van der Waals surface area contributed by atoms with Gasteiger partial charge >= 0.3 is 0 Å². The second kappa shape index (κ2) is 5.45. The van der Waals surface area contributed by atoms with Crippen LogP contribution in [0, 0.1) is 6.92 Å². The van der Waals surface area contributed by atoms with Crippen LogP contribution >= 0.6 is 0 Å². The third-order valence-corrected chi connectivity index (χ3v) is 4.71. The van der Waals surface area contributed by atoms with E-state index in [9.17, 15) is 8.42 Å². The largest absolute Gasteiger partial charge is 0.388 e. The Labute approximate surface area is 114 Å². The van der Waals surface area contributed by atoms with E-state index in [4.69, 9.17) is 0 Å². The van der Waals surface area contributed by atoms with Gasteiger partial charge in [0, 0.05) is 12.7 Å². The van der Waals surface area contributed by atoms with Crippen molar-refractivity contribution in [3.63, 3.8) is 0 Å². The third-order valence-electron chi connectivity index (χ3n) is 3.03. The monoisotopic (exact) mass is 275 g/mol. The summed E-state index contributed by atoms with van der Waals surface area (Å²) in [6.45, 7) is 1.90. The summed E-state index contributed by atoms with van der Waals surface area (Å²) in [5, 5.41) is 3.03. The number of rotatable bonds is 4. The molecule has 0 amide bonds. The minimum atomic E-state index is -3.29. The average Bonchev–Trinajstić information content (AvgIpc) is 2.39. The van der Waals surface area contributed by atoms with Crippen molar-refractivity contribution in [3.8, 4) is 0 Å². The van der Waals surface area contributed by atoms with Crippen molar-refractivity contribution in [2.75, 3.05) is 12.4 Å². The summed E-state index contributed by atoms with van der Waals surface area (Å²) >= 11 is 0. The van der Waals surface area contributed by atoms with Crippen LogP contribution in [0.15, 0.2) is 53.4 Å². The Morgan fingerprint density at radius 1 is 1.05 bits per heavy atom. The molecule has 0 aromatic heterocycles.